The molecule has 0 radical (unpaired) electrons. The lowest BCUT2D eigenvalue weighted by atomic mass is 9.74. The first-order valence-corrected chi connectivity index (χ1v) is 12.6. The Morgan fingerprint density at radius 2 is 1.91 bits per heavy atom. The minimum absolute atomic E-state index is 0.0574. The van der Waals surface area contributed by atoms with E-state index in [-0.39, 0.29) is 29.5 Å². The number of Topliss-reactive ketones (excluding diaryl/α,β-unsaturated/α-hetero) is 1. The standard InChI is InChI=1S/C27H26N2O4S/c1-14-4-7-16(8-5-14)23-22-24(30)18-12-15(2)6-11-20(18)33-25(22)26(31)29(23)27-28-19-10-9-17(32-3)13-21(19)34-27/h4-5,7-10,13,15,18,20,23H,6,11-12H2,1-3H3. The van der Waals surface area contributed by atoms with Crippen LogP contribution in [-0.4, -0.2) is 29.9 Å². The van der Waals surface area contributed by atoms with Gasteiger partial charge in [-0.05, 0) is 55.9 Å². The van der Waals surface area contributed by atoms with E-state index in [0.717, 1.165) is 46.4 Å². The van der Waals surface area contributed by atoms with Crippen molar-refractivity contribution in [2.45, 2.75) is 45.3 Å². The van der Waals surface area contributed by atoms with E-state index in [0.29, 0.717) is 16.6 Å². The van der Waals surface area contributed by atoms with Crippen molar-refractivity contribution < 1.29 is 19.1 Å². The number of hydrogen-bond donors (Lipinski definition) is 0. The highest BCUT2D eigenvalue weighted by Crippen LogP contribution is 2.50. The van der Waals surface area contributed by atoms with Crippen molar-refractivity contribution in [2.24, 2.45) is 11.8 Å². The zero-order chi connectivity index (χ0) is 23.6. The molecule has 3 aromatic rings. The molecule has 0 spiro atoms. The number of nitrogens with zero attached hydrogens (tertiary/aromatic N) is 2. The van der Waals surface area contributed by atoms with Crippen LogP contribution in [0, 0.1) is 18.8 Å². The minimum atomic E-state index is -0.545. The number of aryl methyl sites for hydroxylation is 1. The molecule has 3 aliphatic rings. The van der Waals surface area contributed by atoms with E-state index in [1.165, 1.54) is 11.3 Å². The van der Waals surface area contributed by atoms with Crippen LogP contribution >= 0.6 is 11.3 Å². The van der Waals surface area contributed by atoms with Crippen LogP contribution in [0.1, 0.15) is 43.4 Å². The van der Waals surface area contributed by atoms with Crippen LogP contribution in [0.5, 0.6) is 5.75 Å². The van der Waals surface area contributed by atoms with E-state index in [1.54, 1.807) is 12.0 Å². The number of carbonyl (C=O) groups is 2. The van der Waals surface area contributed by atoms with E-state index >= 15 is 0 Å². The summed E-state index contributed by atoms with van der Waals surface area (Å²) in [6.07, 6.45) is 2.40. The van der Waals surface area contributed by atoms with Crippen molar-refractivity contribution >= 4 is 38.4 Å². The van der Waals surface area contributed by atoms with Crippen molar-refractivity contribution in [3.05, 3.63) is 64.9 Å². The fourth-order valence-electron chi connectivity index (χ4n) is 5.46. The van der Waals surface area contributed by atoms with Gasteiger partial charge in [0, 0.05) is 0 Å². The fraction of sp³-hybridized carbons (Fsp3) is 0.370. The van der Waals surface area contributed by atoms with E-state index in [9.17, 15) is 9.59 Å². The molecule has 4 unspecified atom stereocenters. The summed E-state index contributed by atoms with van der Waals surface area (Å²) in [5, 5.41) is 0.556. The number of carbonyl (C=O) groups excluding carboxylic acids is 2. The molecule has 1 amide bonds. The summed E-state index contributed by atoms with van der Waals surface area (Å²) in [4.78, 5) is 34.1. The average molecular weight is 475 g/mol. The van der Waals surface area contributed by atoms with Gasteiger partial charge in [0.2, 0.25) is 0 Å². The van der Waals surface area contributed by atoms with Crippen LogP contribution < -0.4 is 9.64 Å². The van der Waals surface area contributed by atoms with E-state index in [4.69, 9.17) is 14.5 Å². The molecule has 1 aliphatic carbocycles. The number of thiazole rings is 1. The Bertz CT molecular complexity index is 1340. The molecule has 34 heavy (non-hydrogen) atoms. The highest BCUT2D eigenvalue weighted by Gasteiger charge is 2.53. The summed E-state index contributed by atoms with van der Waals surface area (Å²) in [7, 11) is 1.63. The fourth-order valence-corrected chi connectivity index (χ4v) is 6.48. The molecule has 174 valence electrons. The van der Waals surface area contributed by atoms with Crippen LogP contribution in [0.25, 0.3) is 10.2 Å². The lowest BCUT2D eigenvalue weighted by Gasteiger charge is -2.37. The highest BCUT2D eigenvalue weighted by molar-refractivity contribution is 7.22. The van der Waals surface area contributed by atoms with Gasteiger partial charge in [0.1, 0.15) is 11.9 Å². The SMILES string of the molecule is COc1ccc2nc(N3C(=O)C4=C(C(=O)C5CC(C)CCC5O4)C3c3ccc(C)cc3)sc2c1. The van der Waals surface area contributed by atoms with E-state index < -0.39 is 6.04 Å². The first-order chi connectivity index (χ1) is 16.4. The maximum Gasteiger partial charge on any atom is 0.296 e. The van der Waals surface area contributed by atoms with Crippen LogP contribution in [-0.2, 0) is 14.3 Å². The summed E-state index contributed by atoms with van der Waals surface area (Å²) in [6.45, 7) is 4.21. The molecule has 0 bridgehead atoms. The molecule has 0 N–H and O–H groups in total. The Kier molecular flexibility index (Phi) is 4.99. The van der Waals surface area contributed by atoms with E-state index in [1.807, 2.05) is 49.4 Å². The average Bonchev–Trinajstić information content (AvgIpc) is 3.38. The van der Waals surface area contributed by atoms with E-state index in [2.05, 4.69) is 6.92 Å². The number of hydrogen-bond acceptors (Lipinski definition) is 6. The van der Waals surface area contributed by atoms with Crippen molar-refractivity contribution in [2.75, 3.05) is 12.0 Å². The molecule has 1 fully saturated rings. The molecule has 1 aromatic heterocycles. The van der Waals surface area contributed by atoms with Gasteiger partial charge >= 0.3 is 0 Å². The van der Waals surface area contributed by atoms with Crippen molar-refractivity contribution in [3.63, 3.8) is 0 Å². The summed E-state index contributed by atoms with van der Waals surface area (Å²) in [5.41, 5.74) is 3.28. The molecule has 2 aliphatic heterocycles. The normalized spacial score (nSPS) is 26.5. The summed E-state index contributed by atoms with van der Waals surface area (Å²) >= 11 is 1.42. The first-order valence-electron chi connectivity index (χ1n) is 11.7. The first kappa shape index (κ1) is 21.4. The smallest absolute Gasteiger partial charge is 0.296 e. The zero-order valence-corrected chi connectivity index (χ0v) is 20.2. The van der Waals surface area contributed by atoms with Crippen LogP contribution in [0.3, 0.4) is 0 Å². The predicted molar refractivity (Wildman–Crippen MR) is 131 cm³/mol. The number of fused-ring (bicyclic) bond motifs is 2. The number of amides is 1. The van der Waals surface area contributed by atoms with Gasteiger partial charge in [0.05, 0.1) is 34.9 Å². The molecule has 7 heteroatoms. The van der Waals surface area contributed by atoms with Crippen LogP contribution in [0.2, 0.25) is 0 Å². The molecule has 6 nitrogen and oxygen atoms in total. The number of benzene rings is 2. The van der Waals surface area contributed by atoms with Gasteiger partial charge in [-0.1, -0.05) is 48.1 Å². The predicted octanol–water partition coefficient (Wildman–Crippen LogP) is 5.36. The second kappa shape index (κ2) is 7.94. The lowest BCUT2D eigenvalue weighted by Crippen LogP contribution is -2.41. The van der Waals surface area contributed by atoms with Gasteiger partial charge in [0.15, 0.2) is 16.7 Å². The Morgan fingerprint density at radius 1 is 1.12 bits per heavy atom. The third kappa shape index (κ3) is 3.25. The van der Waals surface area contributed by atoms with Gasteiger partial charge in [-0.2, -0.15) is 0 Å². The van der Waals surface area contributed by atoms with Gasteiger partial charge in [0.25, 0.3) is 5.91 Å². The molecule has 2 aromatic carbocycles. The van der Waals surface area contributed by atoms with Crippen molar-refractivity contribution in [3.8, 4) is 5.75 Å². The largest absolute Gasteiger partial charge is 0.497 e. The monoisotopic (exact) mass is 474 g/mol. The molecular weight excluding hydrogens is 448 g/mol. The third-order valence-electron chi connectivity index (χ3n) is 7.29. The Hall–Kier alpha value is -3.19. The number of anilines is 1. The molecular formula is C27H26N2O4S. The van der Waals surface area contributed by atoms with Gasteiger partial charge in [-0.15, -0.1) is 0 Å². The quantitative estimate of drug-likeness (QED) is 0.511. The minimum Gasteiger partial charge on any atom is -0.497 e. The number of aromatic nitrogens is 1. The van der Waals surface area contributed by atoms with Crippen molar-refractivity contribution in [1.29, 1.82) is 0 Å². The van der Waals surface area contributed by atoms with Gasteiger partial charge < -0.3 is 9.47 Å². The molecule has 0 saturated heterocycles. The second-order valence-electron chi connectivity index (χ2n) is 9.61. The Balaban J connectivity index is 1.49. The Morgan fingerprint density at radius 3 is 2.68 bits per heavy atom. The molecule has 6 rings (SSSR count). The topological polar surface area (TPSA) is 68.7 Å². The van der Waals surface area contributed by atoms with Gasteiger partial charge in [-0.25, -0.2) is 4.98 Å². The van der Waals surface area contributed by atoms with Crippen molar-refractivity contribution in [1.82, 2.24) is 4.98 Å². The zero-order valence-electron chi connectivity index (χ0n) is 19.4. The van der Waals surface area contributed by atoms with Crippen LogP contribution in [0.15, 0.2) is 53.8 Å². The lowest BCUT2D eigenvalue weighted by molar-refractivity contribution is -0.132. The highest BCUT2D eigenvalue weighted by atomic mass is 32.1. The number of methoxy groups -OCH3 is 1. The molecule has 3 heterocycles. The Labute approximate surface area is 202 Å². The number of rotatable bonds is 3. The molecule has 4 atom stereocenters. The summed E-state index contributed by atoms with van der Waals surface area (Å²) in [6, 6.07) is 13.1. The third-order valence-corrected chi connectivity index (χ3v) is 8.31. The summed E-state index contributed by atoms with van der Waals surface area (Å²) < 4.78 is 12.6. The van der Waals surface area contributed by atoms with Gasteiger partial charge in [-0.3, -0.25) is 14.5 Å². The number of ether oxygens (including phenoxy) is 2. The maximum atomic E-state index is 13.9. The molecule has 1 saturated carbocycles. The summed E-state index contributed by atoms with van der Waals surface area (Å²) in [5.74, 6) is 1.01. The second-order valence-corrected chi connectivity index (χ2v) is 10.6. The van der Waals surface area contributed by atoms with Crippen LogP contribution in [0.4, 0.5) is 5.13 Å². The maximum absolute atomic E-state index is 13.9. The number of ketones is 1.